The third-order valence-corrected chi connectivity index (χ3v) is 4.05. The maximum Gasteiger partial charge on any atom is 0.231 e. The summed E-state index contributed by atoms with van der Waals surface area (Å²) in [6, 6.07) is 16.4. The molecule has 0 unspecified atom stereocenters. The predicted molar refractivity (Wildman–Crippen MR) is 94.9 cm³/mol. The van der Waals surface area contributed by atoms with Gasteiger partial charge in [0.2, 0.25) is 6.79 Å². The van der Waals surface area contributed by atoms with Crippen molar-refractivity contribution in [1.82, 2.24) is 10.6 Å². The maximum atomic E-state index is 5.41. The smallest absolute Gasteiger partial charge is 0.231 e. The zero-order valence-corrected chi connectivity index (χ0v) is 13.9. The van der Waals surface area contributed by atoms with Crippen molar-refractivity contribution in [3.05, 3.63) is 59.7 Å². The third kappa shape index (κ3) is 4.13. The molecule has 3 rings (SSSR count). The minimum absolute atomic E-state index is 0.0984. The Morgan fingerprint density at radius 3 is 2.74 bits per heavy atom. The zero-order valence-electron chi connectivity index (χ0n) is 13.0. The standard InChI is InChI=1S/C18H20N2O2S/c1-13(15-7-8-16-17(11-15)22-12-21-16)20-18(23)19-10-9-14-5-3-2-4-6-14/h2-8,11,13H,9-10,12H2,1H3,(H2,19,20,23)/t13-/m1/s1. The first-order chi connectivity index (χ1) is 11.2. The molecule has 0 bridgehead atoms. The number of ether oxygens (including phenoxy) is 2. The molecule has 1 aliphatic heterocycles. The van der Waals surface area contributed by atoms with Crippen LogP contribution in [0.1, 0.15) is 24.1 Å². The van der Waals surface area contributed by atoms with Gasteiger partial charge in [0, 0.05) is 6.54 Å². The van der Waals surface area contributed by atoms with Gasteiger partial charge < -0.3 is 20.1 Å². The number of nitrogens with one attached hydrogen (secondary N) is 2. The third-order valence-electron chi connectivity index (χ3n) is 3.79. The molecule has 120 valence electrons. The summed E-state index contributed by atoms with van der Waals surface area (Å²) in [6.45, 7) is 3.17. The van der Waals surface area contributed by atoms with Gasteiger partial charge in [-0.3, -0.25) is 0 Å². The summed E-state index contributed by atoms with van der Waals surface area (Å²) in [7, 11) is 0. The normalized spacial score (nSPS) is 13.4. The Kier molecular flexibility index (Phi) is 4.98. The molecule has 1 heterocycles. The van der Waals surface area contributed by atoms with E-state index in [1.165, 1.54) is 5.56 Å². The molecule has 0 saturated heterocycles. The molecule has 23 heavy (non-hydrogen) atoms. The molecule has 1 aliphatic rings. The van der Waals surface area contributed by atoms with Gasteiger partial charge in [-0.25, -0.2) is 0 Å². The molecule has 0 radical (unpaired) electrons. The Morgan fingerprint density at radius 2 is 1.91 bits per heavy atom. The second kappa shape index (κ2) is 7.33. The van der Waals surface area contributed by atoms with E-state index in [0.29, 0.717) is 11.9 Å². The fourth-order valence-corrected chi connectivity index (χ4v) is 2.76. The average molecular weight is 328 g/mol. The number of rotatable bonds is 5. The average Bonchev–Trinajstić information content (AvgIpc) is 3.03. The number of hydrogen-bond donors (Lipinski definition) is 2. The maximum absolute atomic E-state index is 5.41. The van der Waals surface area contributed by atoms with Crippen molar-refractivity contribution in [1.29, 1.82) is 0 Å². The highest BCUT2D eigenvalue weighted by Gasteiger charge is 2.16. The number of hydrogen-bond acceptors (Lipinski definition) is 3. The van der Waals surface area contributed by atoms with Crippen molar-refractivity contribution in [2.75, 3.05) is 13.3 Å². The highest BCUT2D eigenvalue weighted by molar-refractivity contribution is 7.80. The van der Waals surface area contributed by atoms with E-state index in [9.17, 15) is 0 Å². The monoisotopic (exact) mass is 328 g/mol. The molecule has 4 nitrogen and oxygen atoms in total. The molecule has 0 spiro atoms. The molecule has 0 saturated carbocycles. The lowest BCUT2D eigenvalue weighted by atomic mass is 10.1. The van der Waals surface area contributed by atoms with E-state index < -0.39 is 0 Å². The van der Waals surface area contributed by atoms with Crippen LogP contribution in [0, 0.1) is 0 Å². The Balaban J connectivity index is 1.47. The van der Waals surface area contributed by atoms with Gasteiger partial charge in [-0.2, -0.15) is 0 Å². The fraction of sp³-hybridized carbons (Fsp3) is 0.278. The highest BCUT2D eigenvalue weighted by atomic mass is 32.1. The van der Waals surface area contributed by atoms with Crippen LogP contribution < -0.4 is 20.1 Å². The van der Waals surface area contributed by atoms with E-state index in [1.807, 2.05) is 36.4 Å². The predicted octanol–water partition coefficient (Wildman–Crippen LogP) is 3.18. The summed E-state index contributed by atoms with van der Waals surface area (Å²) in [4.78, 5) is 0. The van der Waals surface area contributed by atoms with Gasteiger partial charge in [-0.1, -0.05) is 36.4 Å². The number of benzene rings is 2. The Morgan fingerprint density at radius 1 is 1.13 bits per heavy atom. The minimum atomic E-state index is 0.0984. The van der Waals surface area contributed by atoms with Gasteiger partial charge in [0.05, 0.1) is 6.04 Å². The topological polar surface area (TPSA) is 42.5 Å². The van der Waals surface area contributed by atoms with E-state index in [0.717, 1.165) is 30.0 Å². The van der Waals surface area contributed by atoms with Crippen LogP contribution in [0.25, 0.3) is 0 Å². The van der Waals surface area contributed by atoms with Crippen molar-refractivity contribution in [3.8, 4) is 11.5 Å². The fourth-order valence-electron chi connectivity index (χ4n) is 2.48. The molecular formula is C18H20N2O2S. The number of fused-ring (bicyclic) bond motifs is 1. The van der Waals surface area contributed by atoms with E-state index in [-0.39, 0.29) is 6.04 Å². The number of thiocarbonyl (C=S) groups is 1. The Bertz CT molecular complexity index is 676. The van der Waals surface area contributed by atoms with Crippen molar-refractivity contribution >= 4 is 17.3 Å². The van der Waals surface area contributed by atoms with Crippen LogP contribution in [0.5, 0.6) is 11.5 Å². The molecule has 2 N–H and O–H groups in total. The SMILES string of the molecule is C[C@@H](NC(=S)NCCc1ccccc1)c1ccc2c(c1)OCO2. The van der Waals surface area contributed by atoms with Gasteiger partial charge >= 0.3 is 0 Å². The van der Waals surface area contributed by atoms with Crippen molar-refractivity contribution < 1.29 is 9.47 Å². The molecule has 1 atom stereocenters. The largest absolute Gasteiger partial charge is 0.454 e. The van der Waals surface area contributed by atoms with Crippen LogP contribution in [0.15, 0.2) is 48.5 Å². The first kappa shape index (κ1) is 15.6. The van der Waals surface area contributed by atoms with E-state index in [4.69, 9.17) is 21.7 Å². The molecule has 0 fully saturated rings. The highest BCUT2D eigenvalue weighted by Crippen LogP contribution is 2.34. The van der Waals surface area contributed by atoms with E-state index in [1.54, 1.807) is 0 Å². The Hall–Kier alpha value is -2.27. The van der Waals surface area contributed by atoms with Crippen molar-refractivity contribution in [2.24, 2.45) is 0 Å². The lowest BCUT2D eigenvalue weighted by Gasteiger charge is -2.17. The lowest BCUT2D eigenvalue weighted by Crippen LogP contribution is -2.37. The molecule has 0 amide bonds. The van der Waals surface area contributed by atoms with Gasteiger partial charge in [-0.05, 0) is 48.8 Å². The van der Waals surface area contributed by atoms with Crippen LogP contribution in [-0.4, -0.2) is 18.5 Å². The first-order valence-electron chi connectivity index (χ1n) is 7.70. The summed E-state index contributed by atoms with van der Waals surface area (Å²) < 4.78 is 10.7. The first-order valence-corrected chi connectivity index (χ1v) is 8.11. The minimum Gasteiger partial charge on any atom is -0.454 e. The van der Waals surface area contributed by atoms with Crippen LogP contribution >= 0.6 is 12.2 Å². The van der Waals surface area contributed by atoms with Crippen LogP contribution in [-0.2, 0) is 6.42 Å². The van der Waals surface area contributed by atoms with Crippen LogP contribution in [0.2, 0.25) is 0 Å². The van der Waals surface area contributed by atoms with Crippen molar-refractivity contribution in [2.45, 2.75) is 19.4 Å². The van der Waals surface area contributed by atoms with Crippen LogP contribution in [0.4, 0.5) is 0 Å². The Labute approximate surface area is 141 Å². The molecule has 2 aromatic carbocycles. The van der Waals surface area contributed by atoms with Gasteiger partial charge in [-0.15, -0.1) is 0 Å². The summed E-state index contributed by atoms with van der Waals surface area (Å²) in [6.07, 6.45) is 0.946. The molecule has 2 aromatic rings. The summed E-state index contributed by atoms with van der Waals surface area (Å²) >= 11 is 5.37. The van der Waals surface area contributed by atoms with Crippen LogP contribution in [0.3, 0.4) is 0 Å². The van der Waals surface area contributed by atoms with E-state index >= 15 is 0 Å². The molecule has 0 aliphatic carbocycles. The van der Waals surface area contributed by atoms with Gasteiger partial charge in [0.15, 0.2) is 16.6 Å². The zero-order chi connectivity index (χ0) is 16.1. The molecule has 0 aromatic heterocycles. The van der Waals surface area contributed by atoms with Gasteiger partial charge in [0.25, 0.3) is 0 Å². The molecular weight excluding hydrogens is 308 g/mol. The molecule has 5 heteroatoms. The summed E-state index contributed by atoms with van der Waals surface area (Å²) in [5.74, 6) is 1.59. The van der Waals surface area contributed by atoms with Gasteiger partial charge in [0.1, 0.15) is 0 Å². The van der Waals surface area contributed by atoms with E-state index in [2.05, 4.69) is 29.7 Å². The van der Waals surface area contributed by atoms with Crippen molar-refractivity contribution in [3.63, 3.8) is 0 Å². The second-order valence-corrected chi connectivity index (χ2v) is 5.88. The second-order valence-electron chi connectivity index (χ2n) is 5.47. The summed E-state index contributed by atoms with van der Waals surface area (Å²) in [5.41, 5.74) is 2.41. The quantitative estimate of drug-likeness (QED) is 0.825. The lowest BCUT2D eigenvalue weighted by molar-refractivity contribution is 0.174. The summed E-state index contributed by atoms with van der Waals surface area (Å²) in [5, 5.41) is 7.20.